The van der Waals surface area contributed by atoms with Gasteiger partial charge in [0.2, 0.25) is 11.7 Å². The number of rotatable bonds is 5. The summed E-state index contributed by atoms with van der Waals surface area (Å²) in [5.74, 6) is 0.615. The van der Waals surface area contributed by atoms with Crippen LogP contribution in [0.2, 0.25) is 0 Å². The van der Waals surface area contributed by atoms with E-state index in [1.807, 2.05) is 6.07 Å². The Hall–Kier alpha value is -1.84. The van der Waals surface area contributed by atoms with Gasteiger partial charge < -0.3 is 4.52 Å². The zero-order valence-electron chi connectivity index (χ0n) is 12.7. The molecule has 0 unspecified atom stereocenters. The van der Waals surface area contributed by atoms with Crippen molar-refractivity contribution in [2.24, 2.45) is 0 Å². The highest BCUT2D eigenvalue weighted by atomic mass is 32.2. The van der Waals surface area contributed by atoms with Crippen LogP contribution in [0.4, 0.5) is 0 Å². The summed E-state index contributed by atoms with van der Waals surface area (Å²) in [5.41, 5.74) is 0.720. The number of nitrogens with zero attached hydrogens (tertiary/aromatic N) is 4. The van der Waals surface area contributed by atoms with Gasteiger partial charge in [-0.25, -0.2) is 0 Å². The Morgan fingerprint density at radius 2 is 2.00 bits per heavy atom. The highest BCUT2D eigenvalue weighted by Crippen LogP contribution is 2.15. The Morgan fingerprint density at radius 3 is 2.70 bits per heavy atom. The molecule has 0 bridgehead atoms. The molecule has 0 spiro atoms. The molecule has 0 aromatic carbocycles. The summed E-state index contributed by atoms with van der Waals surface area (Å²) in [6.07, 6.45) is 7.21. The topological polar surface area (TPSA) is 101 Å². The fourth-order valence-electron chi connectivity index (χ4n) is 2.47. The van der Waals surface area contributed by atoms with Crippen molar-refractivity contribution in [3.8, 4) is 11.4 Å². The number of nitrogens with one attached hydrogen (secondary N) is 1. The second-order valence-electron chi connectivity index (χ2n) is 5.39. The van der Waals surface area contributed by atoms with Gasteiger partial charge in [0.1, 0.15) is 0 Å². The van der Waals surface area contributed by atoms with E-state index in [9.17, 15) is 8.42 Å². The summed E-state index contributed by atoms with van der Waals surface area (Å²) in [7, 11) is -3.52. The van der Waals surface area contributed by atoms with Crippen LogP contribution in [0, 0.1) is 0 Å². The van der Waals surface area contributed by atoms with Gasteiger partial charge in [-0.3, -0.25) is 4.98 Å². The first-order chi connectivity index (χ1) is 11.1. The fourth-order valence-corrected chi connectivity index (χ4v) is 3.69. The van der Waals surface area contributed by atoms with E-state index in [0.29, 0.717) is 18.9 Å². The molecule has 1 N–H and O–H groups in total. The lowest BCUT2D eigenvalue weighted by Crippen LogP contribution is -2.40. The lowest BCUT2D eigenvalue weighted by atomic mass is 10.2. The van der Waals surface area contributed by atoms with Gasteiger partial charge in [-0.1, -0.05) is 18.0 Å². The van der Waals surface area contributed by atoms with E-state index in [2.05, 4.69) is 19.8 Å². The van der Waals surface area contributed by atoms with E-state index in [1.165, 1.54) is 4.31 Å². The molecule has 1 aliphatic rings. The molecule has 0 saturated carbocycles. The van der Waals surface area contributed by atoms with E-state index in [-0.39, 0.29) is 12.4 Å². The van der Waals surface area contributed by atoms with E-state index in [0.717, 1.165) is 31.2 Å². The molecule has 23 heavy (non-hydrogen) atoms. The van der Waals surface area contributed by atoms with Gasteiger partial charge >= 0.3 is 0 Å². The van der Waals surface area contributed by atoms with Gasteiger partial charge in [0.05, 0.1) is 6.54 Å². The molecule has 1 saturated heterocycles. The Kier molecular flexibility index (Phi) is 4.99. The van der Waals surface area contributed by atoms with Crippen molar-refractivity contribution >= 4 is 10.2 Å². The molecule has 2 aromatic heterocycles. The molecule has 8 nitrogen and oxygen atoms in total. The first-order valence-corrected chi connectivity index (χ1v) is 9.07. The normalized spacial score (nSPS) is 17.0. The molecule has 9 heteroatoms. The van der Waals surface area contributed by atoms with Crippen molar-refractivity contribution in [1.82, 2.24) is 24.2 Å². The number of pyridine rings is 1. The van der Waals surface area contributed by atoms with Gasteiger partial charge in [0, 0.05) is 31.0 Å². The molecule has 2 aromatic rings. The lowest BCUT2D eigenvalue weighted by Gasteiger charge is -2.19. The molecule has 1 fully saturated rings. The second-order valence-corrected chi connectivity index (χ2v) is 7.15. The van der Waals surface area contributed by atoms with Crippen LogP contribution in [0.25, 0.3) is 11.4 Å². The molecule has 3 heterocycles. The van der Waals surface area contributed by atoms with Crippen molar-refractivity contribution < 1.29 is 12.9 Å². The summed E-state index contributed by atoms with van der Waals surface area (Å²) in [6.45, 7) is 1.09. The molecular weight excluding hydrogens is 318 g/mol. The average molecular weight is 337 g/mol. The Balaban J connectivity index is 1.63. The van der Waals surface area contributed by atoms with Crippen LogP contribution in [0.5, 0.6) is 0 Å². The van der Waals surface area contributed by atoms with E-state index >= 15 is 0 Å². The zero-order chi connectivity index (χ0) is 16.1. The molecule has 124 valence electrons. The lowest BCUT2D eigenvalue weighted by molar-refractivity contribution is 0.369. The van der Waals surface area contributed by atoms with Crippen LogP contribution in [-0.2, 0) is 16.8 Å². The molecule has 0 amide bonds. The quantitative estimate of drug-likeness (QED) is 0.883. The van der Waals surface area contributed by atoms with Crippen LogP contribution >= 0.6 is 0 Å². The zero-order valence-corrected chi connectivity index (χ0v) is 13.5. The highest BCUT2D eigenvalue weighted by molar-refractivity contribution is 7.87. The Labute approximate surface area is 135 Å². The van der Waals surface area contributed by atoms with Gasteiger partial charge in [0.25, 0.3) is 10.2 Å². The summed E-state index contributed by atoms with van der Waals surface area (Å²) in [4.78, 5) is 8.17. The molecule has 3 rings (SSSR count). The average Bonchev–Trinajstić information content (AvgIpc) is 2.86. The Bertz CT molecular complexity index is 724. The highest BCUT2D eigenvalue weighted by Gasteiger charge is 2.23. The van der Waals surface area contributed by atoms with Crippen LogP contribution in [0.3, 0.4) is 0 Å². The SMILES string of the molecule is O=S(=O)(NCc1nc(-c2cccnc2)no1)N1CCCCCC1. The third-order valence-electron chi connectivity index (χ3n) is 3.70. The van der Waals surface area contributed by atoms with E-state index < -0.39 is 10.2 Å². The summed E-state index contributed by atoms with van der Waals surface area (Å²) in [5, 5.41) is 3.84. The number of hydrogen-bond acceptors (Lipinski definition) is 6. The van der Waals surface area contributed by atoms with E-state index in [1.54, 1.807) is 18.5 Å². The van der Waals surface area contributed by atoms with Crippen molar-refractivity contribution in [3.63, 3.8) is 0 Å². The largest absolute Gasteiger partial charge is 0.338 e. The van der Waals surface area contributed by atoms with Gasteiger partial charge in [-0.15, -0.1) is 0 Å². The van der Waals surface area contributed by atoms with E-state index in [4.69, 9.17) is 4.52 Å². The summed E-state index contributed by atoms with van der Waals surface area (Å²) in [6, 6.07) is 3.58. The molecule has 0 radical (unpaired) electrons. The second kappa shape index (κ2) is 7.16. The molecular formula is C14H19N5O3S. The molecule has 0 aliphatic carbocycles. The van der Waals surface area contributed by atoms with Crippen LogP contribution in [-0.4, -0.2) is 40.9 Å². The maximum absolute atomic E-state index is 12.3. The summed E-state index contributed by atoms with van der Waals surface area (Å²) < 4.78 is 33.7. The molecule has 1 aliphatic heterocycles. The van der Waals surface area contributed by atoms with Crippen molar-refractivity contribution in [3.05, 3.63) is 30.4 Å². The number of hydrogen-bond donors (Lipinski definition) is 1. The van der Waals surface area contributed by atoms with Crippen molar-refractivity contribution in [2.45, 2.75) is 32.2 Å². The van der Waals surface area contributed by atoms with Gasteiger partial charge in [-0.05, 0) is 25.0 Å². The van der Waals surface area contributed by atoms with Gasteiger partial charge in [-0.2, -0.15) is 22.4 Å². The fraction of sp³-hybridized carbons (Fsp3) is 0.500. The minimum atomic E-state index is -3.52. The summed E-state index contributed by atoms with van der Waals surface area (Å²) >= 11 is 0. The minimum Gasteiger partial charge on any atom is -0.338 e. The maximum Gasteiger partial charge on any atom is 0.279 e. The minimum absolute atomic E-state index is 0.0217. The van der Waals surface area contributed by atoms with Crippen molar-refractivity contribution in [2.75, 3.05) is 13.1 Å². The van der Waals surface area contributed by atoms with Crippen LogP contribution in [0.15, 0.2) is 29.0 Å². The smallest absolute Gasteiger partial charge is 0.279 e. The third-order valence-corrected chi connectivity index (χ3v) is 5.25. The third kappa shape index (κ3) is 4.12. The Morgan fingerprint density at radius 1 is 1.22 bits per heavy atom. The first kappa shape index (κ1) is 16.0. The van der Waals surface area contributed by atoms with Crippen LogP contribution < -0.4 is 4.72 Å². The first-order valence-electron chi connectivity index (χ1n) is 7.63. The monoisotopic (exact) mass is 337 g/mol. The number of aromatic nitrogens is 3. The van der Waals surface area contributed by atoms with Crippen molar-refractivity contribution in [1.29, 1.82) is 0 Å². The maximum atomic E-state index is 12.3. The predicted molar refractivity (Wildman–Crippen MR) is 83.3 cm³/mol. The van der Waals surface area contributed by atoms with Gasteiger partial charge in [0.15, 0.2) is 0 Å². The predicted octanol–water partition coefficient (Wildman–Crippen LogP) is 1.34. The van der Waals surface area contributed by atoms with Crippen LogP contribution in [0.1, 0.15) is 31.6 Å². The molecule has 0 atom stereocenters. The standard InChI is InChI=1S/C14H19N5O3S/c20-23(21,19-8-3-1-2-4-9-19)16-11-13-17-14(18-22-13)12-6-5-7-15-10-12/h5-7,10,16H,1-4,8-9,11H2.